The van der Waals surface area contributed by atoms with Crippen LogP contribution in [0.5, 0.6) is 5.75 Å². The van der Waals surface area contributed by atoms with E-state index in [1.807, 2.05) is 5.48 Å². The zero-order valence-corrected chi connectivity index (χ0v) is 8.34. The minimum Gasteiger partial charge on any atom is -0.772 e. The zero-order valence-electron chi connectivity index (χ0n) is 7.52. The van der Waals surface area contributed by atoms with E-state index in [9.17, 15) is 8.76 Å². The van der Waals surface area contributed by atoms with Crippen LogP contribution >= 0.6 is 0 Å². The largest absolute Gasteiger partial charge is 0.772 e. The van der Waals surface area contributed by atoms with Crippen molar-refractivity contribution in [1.82, 2.24) is 0 Å². The number of ether oxygens (including phenoxy) is 1. The van der Waals surface area contributed by atoms with Crippen molar-refractivity contribution in [3.05, 3.63) is 23.8 Å². The molecule has 0 fully saturated rings. The van der Waals surface area contributed by atoms with Crippen molar-refractivity contribution in [1.29, 1.82) is 0 Å². The Morgan fingerprint density at radius 3 is 2.86 bits per heavy atom. The van der Waals surface area contributed by atoms with Crippen molar-refractivity contribution < 1.29 is 18.7 Å². The van der Waals surface area contributed by atoms with Gasteiger partial charge in [0, 0.05) is 5.75 Å². The van der Waals surface area contributed by atoms with Gasteiger partial charge in [-0.2, -0.15) is 0 Å². The number of anilines is 1. The van der Waals surface area contributed by atoms with Crippen LogP contribution in [0.3, 0.4) is 0 Å². The molecule has 0 bridgehead atoms. The van der Waals surface area contributed by atoms with E-state index in [0.717, 1.165) is 0 Å². The van der Waals surface area contributed by atoms with Crippen LogP contribution in [0.1, 0.15) is 5.56 Å². The number of rotatable bonds is 4. The van der Waals surface area contributed by atoms with Crippen LogP contribution in [0.4, 0.5) is 5.69 Å². The summed E-state index contributed by atoms with van der Waals surface area (Å²) in [6.45, 7) is 0. The van der Waals surface area contributed by atoms with Gasteiger partial charge in [-0.1, -0.05) is 17.1 Å². The van der Waals surface area contributed by atoms with Gasteiger partial charge in [-0.15, -0.1) is 0 Å². The molecule has 78 valence electrons. The van der Waals surface area contributed by atoms with Gasteiger partial charge in [0.1, 0.15) is 11.4 Å². The Morgan fingerprint density at radius 2 is 2.36 bits per heavy atom. The normalized spacial score (nSPS) is 12.2. The van der Waals surface area contributed by atoms with E-state index in [0.29, 0.717) is 17.0 Å². The molecule has 0 aliphatic rings. The summed E-state index contributed by atoms with van der Waals surface area (Å²) in [7, 11) is 1.44. The first kappa shape index (κ1) is 11.0. The monoisotopic (exact) mass is 216 g/mol. The molecule has 5 nitrogen and oxygen atoms in total. The van der Waals surface area contributed by atoms with Gasteiger partial charge < -0.3 is 9.29 Å². The van der Waals surface area contributed by atoms with Crippen molar-refractivity contribution in [2.24, 2.45) is 0 Å². The highest BCUT2D eigenvalue weighted by atomic mass is 32.2. The first-order valence-electron chi connectivity index (χ1n) is 3.80. The van der Waals surface area contributed by atoms with E-state index >= 15 is 0 Å². The summed E-state index contributed by atoms with van der Waals surface area (Å²) >= 11 is -2.12. The van der Waals surface area contributed by atoms with E-state index in [1.165, 1.54) is 7.11 Å². The molecule has 1 aromatic carbocycles. The van der Waals surface area contributed by atoms with Gasteiger partial charge in [-0.25, -0.2) is 0 Å². The second kappa shape index (κ2) is 4.94. The maximum absolute atomic E-state index is 10.4. The van der Waals surface area contributed by atoms with Crippen LogP contribution in [0.15, 0.2) is 18.2 Å². The molecule has 0 saturated heterocycles. The van der Waals surface area contributed by atoms with Gasteiger partial charge in [0.15, 0.2) is 0 Å². The Kier molecular flexibility index (Phi) is 3.87. The summed E-state index contributed by atoms with van der Waals surface area (Å²) in [6, 6.07) is 4.69. The Labute approximate surface area is 84.0 Å². The SMILES string of the molecule is COc1cc(CS(=O)[O-])ccc1NO. The molecule has 1 unspecified atom stereocenters. The van der Waals surface area contributed by atoms with E-state index < -0.39 is 11.1 Å². The van der Waals surface area contributed by atoms with Gasteiger partial charge in [-0.05, 0) is 17.7 Å². The molecule has 1 atom stereocenters. The first-order chi connectivity index (χ1) is 6.67. The van der Waals surface area contributed by atoms with Gasteiger partial charge in [-0.3, -0.25) is 14.9 Å². The highest BCUT2D eigenvalue weighted by Gasteiger charge is 2.03. The number of nitrogens with one attached hydrogen (secondary N) is 1. The fourth-order valence-corrected chi connectivity index (χ4v) is 1.51. The Hall–Kier alpha value is -1.11. The Morgan fingerprint density at radius 1 is 1.64 bits per heavy atom. The minimum atomic E-state index is -2.12. The molecule has 2 N–H and O–H groups in total. The van der Waals surface area contributed by atoms with Crippen molar-refractivity contribution >= 4 is 16.8 Å². The van der Waals surface area contributed by atoms with Crippen molar-refractivity contribution in [2.45, 2.75) is 5.75 Å². The average molecular weight is 216 g/mol. The maximum atomic E-state index is 10.4. The lowest BCUT2D eigenvalue weighted by Gasteiger charge is -2.10. The van der Waals surface area contributed by atoms with E-state index in [1.54, 1.807) is 18.2 Å². The van der Waals surface area contributed by atoms with Crippen molar-refractivity contribution in [3.63, 3.8) is 0 Å². The molecule has 0 aliphatic carbocycles. The minimum absolute atomic E-state index is 0.0674. The fourth-order valence-electron chi connectivity index (χ4n) is 1.05. The molecule has 14 heavy (non-hydrogen) atoms. The van der Waals surface area contributed by atoms with Gasteiger partial charge in [0.2, 0.25) is 0 Å². The summed E-state index contributed by atoms with van der Waals surface area (Å²) in [5, 5.41) is 8.67. The fraction of sp³-hybridized carbons (Fsp3) is 0.250. The summed E-state index contributed by atoms with van der Waals surface area (Å²) in [4.78, 5) is 0. The smallest absolute Gasteiger partial charge is 0.144 e. The summed E-state index contributed by atoms with van der Waals surface area (Å²) in [5.41, 5.74) is 2.95. The Bertz CT molecular complexity index is 342. The molecule has 1 rings (SSSR count). The third kappa shape index (κ3) is 2.69. The standard InChI is InChI=1S/C8H11NO4S/c1-13-8-4-6(5-14(11)12)2-3-7(8)9-10/h2-4,9-10H,5H2,1H3,(H,11,12)/p-1. The topological polar surface area (TPSA) is 81.6 Å². The van der Waals surface area contributed by atoms with Gasteiger partial charge in [0.25, 0.3) is 0 Å². The predicted molar refractivity (Wildman–Crippen MR) is 51.0 cm³/mol. The molecular weight excluding hydrogens is 206 g/mol. The molecule has 0 heterocycles. The second-order valence-corrected chi connectivity index (χ2v) is 3.49. The lowest BCUT2D eigenvalue weighted by atomic mass is 10.2. The molecule has 0 spiro atoms. The van der Waals surface area contributed by atoms with E-state index in [2.05, 4.69) is 0 Å². The molecule has 1 aromatic rings. The van der Waals surface area contributed by atoms with Gasteiger partial charge in [0.05, 0.1) is 7.11 Å². The lowest BCUT2D eigenvalue weighted by molar-refractivity contribution is 0.373. The van der Waals surface area contributed by atoms with Crippen molar-refractivity contribution in [3.8, 4) is 5.75 Å². The lowest BCUT2D eigenvalue weighted by Crippen LogP contribution is -1.98. The predicted octanol–water partition coefficient (Wildman–Crippen LogP) is 0.875. The van der Waals surface area contributed by atoms with Crippen LogP contribution in [-0.4, -0.2) is 21.1 Å². The second-order valence-electron chi connectivity index (χ2n) is 2.59. The molecule has 0 aromatic heterocycles. The van der Waals surface area contributed by atoms with E-state index in [-0.39, 0.29) is 5.75 Å². The molecule has 0 radical (unpaired) electrons. The van der Waals surface area contributed by atoms with Crippen LogP contribution in [-0.2, 0) is 16.8 Å². The molecular formula is C8H10NO4S-. The number of methoxy groups -OCH3 is 1. The van der Waals surface area contributed by atoms with Crippen LogP contribution in [0, 0.1) is 0 Å². The van der Waals surface area contributed by atoms with Crippen LogP contribution < -0.4 is 10.2 Å². The summed E-state index contributed by atoms with van der Waals surface area (Å²) in [5.74, 6) is 0.331. The molecule has 0 amide bonds. The third-order valence-corrected chi connectivity index (χ3v) is 2.24. The number of benzene rings is 1. The van der Waals surface area contributed by atoms with E-state index in [4.69, 9.17) is 9.94 Å². The summed E-state index contributed by atoms with van der Waals surface area (Å²) < 4.78 is 25.8. The highest BCUT2D eigenvalue weighted by Crippen LogP contribution is 2.25. The average Bonchev–Trinajstić information content (AvgIpc) is 2.16. The Balaban J connectivity index is 2.95. The van der Waals surface area contributed by atoms with Gasteiger partial charge >= 0.3 is 0 Å². The maximum Gasteiger partial charge on any atom is 0.144 e. The quantitative estimate of drug-likeness (QED) is 0.576. The first-order valence-corrected chi connectivity index (χ1v) is 5.04. The molecule has 0 aliphatic heterocycles. The molecule has 6 heteroatoms. The van der Waals surface area contributed by atoms with Crippen molar-refractivity contribution in [2.75, 3.05) is 12.6 Å². The summed E-state index contributed by atoms with van der Waals surface area (Å²) in [6.07, 6.45) is 0. The van der Waals surface area contributed by atoms with Crippen LogP contribution in [0.2, 0.25) is 0 Å². The van der Waals surface area contributed by atoms with Crippen LogP contribution in [0.25, 0.3) is 0 Å². The zero-order chi connectivity index (χ0) is 10.6. The number of hydrogen-bond donors (Lipinski definition) is 2. The third-order valence-electron chi connectivity index (χ3n) is 1.67. The number of hydrogen-bond acceptors (Lipinski definition) is 5. The molecule has 0 saturated carbocycles. The highest BCUT2D eigenvalue weighted by molar-refractivity contribution is 7.78.